The van der Waals surface area contributed by atoms with Gasteiger partial charge >= 0.3 is 0 Å². The molecule has 0 atom stereocenters. The second-order valence-corrected chi connectivity index (χ2v) is 7.16. The van der Waals surface area contributed by atoms with E-state index in [1.807, 2.05) is 24.4 Å². The molecule has 21 heavy (non-hydrogen) atoms. The zero-order chi connectivity index (χ0) is 15.0. The lowest BCUT2D eigenvalue weighted by molar-refractivity contribution is 0.105. The standard InChI is InChI=1S/C18H19NOS/c1-12-8-17(21-11-12)16(20)9-15-14-7-5-4-6-13(14)10-18(2,3)19-15/h4-9,11,19H,10H2,1-3H3. The Bertz CT molecular complexity index is 724. The smallest absolute Gasteiger partial charge is 0.197 e. The van der Waals surface area contributed by atoms with Crippen LogP contribution in [0.15, 0.2) is 41.8 Å². The SMILES string of the molecule is Cc1csc(C(=O)C=C2NC(C)(C)Cc3ccccc32)c1. The minimum Gasteiger partial charge on any atom is -0.379 e. The summed E-state index contributed by atoms with van der Waals surface area (Å²) in [6.45, 7) is 6.34. The van der Waals surface area contributed by atoms with Crippen molar-refractivity contribution in [1.29, 1.82) is 0 Å². The second kappa shape index (κ2) is 5.15. The maximum absolute atomic E-state index is 12.4. The zero-order valence-corrected chi connectivity index (χ0v) is 13.4. The molecular formula is C18H19NOS. The number of fused-ring (bicyclic) bond motifs is 1. The average Bonchev–Trinajstić information content (AvgIpc) is 2.84. The molecule has 1 N–H and O–H groups in total. The van der Waals surface area contributed by atoms with Crippen LogP contribution in [-0.2, 0) is 6.42 Å². The van der Waals surface area contributed by atoms with Crippen LogP contribution in [0.1, 0.15) is 40.2 Å². The number of hydrogen-bond acceptors (Lipinski definition) is 3. The lowest BCUT2D eigenvalue weighted by Crippen LogP contribution is -2.43. The Morgan fingerprint density at radius 3 is 2.81 bits per heavy atom. The molecule has 3 rings (SSSR count). The summed E-state index contributed by atoms with van der Waals surface area (Å²) >= 11 is 1.51. The zero-order valence-electron chi connectivity index (χ0n) is 12.6. The molecule has 2 nitrogen and oxygen atoms in total. The summed E-state index contributed by atoms with van der Waals surface area (Å²) in [7, 11) is 0. The predicted octanol–water partition coefficient (Wildman–Crippen LogP) is 4.20. The van der Waals surface area contributed by atoms with Gasteiger partial charge in [-0.2, -0.15) is 0 Å². The number of ketones is 1. The van der Waals surface area contributed by atoms with E-state index in [4.69, 9.17) is 0 Å². The number of carbonyl (C=O) groups excluding carboxylic acids is 1. The maximum Gasteiger partial charge on any atom is 0.197 e. The van der Waals surface area contributed by atoms with Gasteiger partial charge in [-0.1, -0.05) is 24.3 Å². The molecule has 2 heterocycles. The van der Waals surface area contributed by atoms with Crippen LogP contribution in [0.4, 0.5) is 0 Å². The van der Waals surface area contributed by atoms with E-state index in [2.05, 4.69) is 37.4 Å². The lowest BCUT2D eigenvalue weighted by Gasteiger charge is -2.35. The van der Waals surface area contributed by atoms with Crippen LogP contribution < -0.4 is 5.32 Å². The van der Waals surface area contributed by atoms with Gasteiger partial charge in [0.25, 0.3) is 0 Å². The number of rotatable bonds is 2. The minimum absolute atomic E-state index is 0.0359. The maximum atomic E-state index is 12.4. The van der Waals surface area contributed by atoms with Gasteiger partial charge < -0.3 is 5.32 Å². The molecule has 0 radical (unpaired) electrons. The summed E-state index contributed by atoms with van der Waals surface area (Å²) in [5, 5.41) is 5.51. The van der Waals surface area contributed by atoms with Crippen molar-refractivity contribution in [3.05, 3.63) is 63.4 Å². The Hall–Kier alpha value is -1.87. The summed E-state index contributed by atoms with van der Waals surface area (Å²) in [4.78, 5) is 13.2. The first kappa shape index (κ1) is 14.1. The molecule has 1 aromatic heterocycles. The summed E-state index contributed by atoms with van der Waals surface area (Å²) in [6, 6.07) is 10.3. The molecule has 3 heteroatoms. The van der Waals surface area contributed by atoms with Gasteiger partial charge in [-0.3, -0.25) is 4.79 Å². The van der Waals surface area contributed by atoms with Crippen molar-refractivity contribution in [2.75, 3.05) is 0 Å². The third-order valence-corrected chi connectivity index (χ3v) is 4.72. The molecule has 0 saturated heterocycles. The summed E-state index contributed by atoms with van der Waals surface area (Å²) in [6.07, 6.45) is 2.71. The summed E-state index contributed by atoms with van der Waals surface area (Å²) < 4.78 is 0. The number of aryl methyl sites for hydroxylation is 1. The molecule has 0 unspecified atom stereocenters. The van der Waals surface area contributed by atoms with Gasteiger partial charge in [0.1, 0.15) is 0 Å². The molecule has 2 aromatic rings. The first-order valence-corrected chi connectivity index (χ1v) is 8.00. The average molecular weight is 297 g/mol. The summed E-state index contributed by atoms with van der Waals surface area (Å²) in [5.74, 6) is 0.0723. The van der Waals surface area contributed by atoms with Gasteiger partial charge in [0.15, 0.2) is 5.78 Å². The first-order valence-electron chi connectivity index (χ1n) is 7.12. The normalized spacial score (nSPS) is 18.1. The quantitative estimate of drug-likeness (QED) is 0.665. The van der Waals surface area contributed by atoms with Crippen molar-refractivity contribution >= 4 is 22.8 Å². The number of benzene rings is 1. The number of hydrogen-bond donors (Lipinski definition) is 1. The molecule has 0 bridgehead atoms. The Kier molecular flexibility index (Phi) is 3.46. The number of thiophene rings is 1. The van der Waals surface area contributed by atoms with Crippen LogP contribution >= 0.6 is 11.3 Å². The highest BCUT2D eigenvalue weighted by molar-refractivity contribution is 7.12. The molecule has 1 aliphatic heterocycles. The fraction of sp³-hybridized carbons (Fsp3) is 0.278. The summed E-state index contributed by atoms with van der Waals surface area (Å²) in [5.41, 5.74) is 4.46. The van der Waals surface area contributed by atoms with Crippen LogP contribution in [0.25, 0.3) is 5.70 Å². The van der Waals surface area contributed by atoms with Crippen LogP contribution in [0.5, 0.6) is 0 Å². The fourth-order valence-electron chi connectivity index (χ4n) is 2.77. The third kappa shape index (κ3) is 2.93. The first-order chi connectivity index (χ1) is 9.94. The van der Waals surface area contributed by atoms with E-state index in [0.717, 1.165) is 28.1 Å². The largest absolute Gasteiger partial charge is 0.379 e. The van der Waals surface area contributed by atoms with Crippen molar-refractivity contribution in [2.45, 2.75) is 32.7 Å². The van der Waals surface area contributed by atoms with E-state index in [9.17, 15) is 4.79 Å². The van der Waals surface area contributed by atoms with Crippen LogP contribution in [0.3, 0.4) is 0 Å². The molecule has 1 aliphatic rings. The van der Waals surface area contributed by atoms with Gasteiger partial charge in [0.05, 0.1) is 4.88 Å². The Balaban J connectivity index is 2.01. The topological polar surface area (TPSA) is 29.1 Å². The predicted molar refractivity (Wildman–Crippen MR) is 88.7 cm³/mol. The molecule has 108 valence electrons. The van der Waals surface area contributed by atoms with Crippen molar-refractivity contribution in [2.24, 2.45) is 0 Å². The molecule has 0 fully saturated rings. The van der Waals surface area contributed by atoms with Gasteiger partial charge in [0, 0.05) is 22.9 Å². The van der Waals surface area contributed by atoms with Crippen molar-refractivity contribution in [1.82, 2.24) is 5.32 Å². The van der Waals surface area contributed by atoms with Crippen molar-refractivity contribution in [3.63, 3.8) is 0 Å². The van der Waals surface area contributed by atoms with E-state index in [1.54, 1.807) is 6.08 Å². The van der Waals surface area contributed by atoms with Gasteiger partial charge in [-0.25, -0.2) is 0 Å². The van der Waals surface area contributed by atoms with Crippen molar-refractivity contribution in [3.8, 4) is 0 Å². The molecule has 0 amide bonds. The third-order valence-electron chi connectivity index (χ3n) is 3.66. The van der Waals surface area contributed by atoms with Gasteiger partial charge in [-0.05, 0) is 49.8 Å². The van der Waals surface area contributed by atoms with Gasteiger partial charge in [0.2, 0.25) is 0 Å². The molecule has 1 aromatic carbocycles. The van der Waals surface area contributed by atoms with E-state index in [0.29, 0.717) is 0 Å². The number of carbonyl (C=O) groups is 1. The van der Waals surface area contributed by atoms with E-state index >= 15 is 0 Å². The fourth-order valence-corrected chi connectivity index (χ4v) is 3.58. The second-order valence-electron chi connectivity index (χ2n) is 6.25. The Morgan fingerprint density at radius 2 is 2.10 bits per heavy atom. The number of allylic oxidation sites excluding steroid dienone is 1. The van der Waals surface area contributed by atoms with Gasteiger partial charge in [-0.15, -0.1) is 11.3 Å². The van der Waals surface area contributed by atoms with E-state index in [1.165, 1.54) is 16.9 Å². The Labute approximate surface area is 129 Å². The van der Waals surface area contributed by atoms with E-state index < -0.39 is 0 Å². The minimum atomic E-state index is -0.0359. The highest BCUT2D eigenvalue weighted by Gasteiger charge is 2.27. The molecule has 0 aliphatic carbocycles. The van der Waals surface area contributed by atoms with E-state index in [-0.39, 0.29) is 11.3 Å². The molecular weight excluding hydrogens is 278 g/mol. The van der Waals surface area contributed by atoms with Crippen LogP contribution in [0, 0.1) is 6.92 Å². The highest BCUT2D eigenvalue weighted by Crippen LogP contribution is 2.30. The van der Waals surface area contributed by atoms with Crippen LogP contribution in [0.2, 0.25) is 0 Å². The number of nitrogens with one attached hydrogen (secondary N) is 1. The van der Waals surface area contributed by atoms with Crippen LogP contribution in [-0.4, -0.2) is 11.3 Å². The van der Waals surface area contributed by atoms with Crippen molar-refractivity contribution < 1.29 is 4.79 Å². The highest BCUT2D eigenvalue weighted by atomic mass is 32.1. The monoisotopic (exact) mass is 297 g/mol. The Morgan fingerprint density at radius 1 is 1.33 bits per heavy atom. The lowest BCUT2D eigenvalue weighted by atomic mass is 9.85. The molecule has 0 saturated carbocycles. The molecule has 0 spiro atoms.